The zero-order chi connectivity index (χ0) is 18.1. The number of rotatable bonds is 2. The molecule has 1 unspecified atom stereocenters. The Morgan fingerprint density at radius 1 is 1.00 bits per heavy atom. The first kappa shape index (κ1) is 16.3. The van der Waals surface area contributed by atoms with Crippen LogP contribution in [-0.4, -0.2) is 46.3 Å². The summed E-state index contributed by atoms with van der Waals surface area (Å²) in [6.07, 6.45) is 1.50. The molecule has 1 aliphatic heterocycles. The van der Waals surface area contributed by atoms with Crippen LogP contribution in [0, 0.1) is 5.92 Å². The van der Waals surface area contributed by atoms with Gasteiger partial charge in [0.25, 0.3) is 5.91 Å². The van der Waals surface area contributed by atoms with Crippen molar-refractivity contribution in [2.75, 3.05) is 29.9 Å². The number of hydrogen-bond acceptors (Lipinski definition) is 5. The van der Waals surface area contributed by atoms with Crippen LogP contribution in [0.25, 0.3) is 5.69 Å². The van der Waals surface area contributed by atoms with Gasteiger partial charge in [0.1, 0.15) is 6.33 Å². The van der Waals surface area contributed by atoms with Crippen molar-refractivity contribution in [3.05, 3.63) is 60.4 Å². The topological polar surface area (TPSA) is 67.2 Å². The summed E-state index contributed by atoms with van der Waals surface area (Å²) >= 11 is 0. The number of nitrogens with zero attached hydrogens (tertiary/aromatic N) is 6. The highest BCUT2D eigenvalue weighted by Crippen LogP contribution is 2.34. The number of carbonyl (C=O) groups is 1. The third-order valence-corrected chi connectivity index (χ3v) is 4.64. The van der Waals surface area contributed by atoms with E-state index in [4.69, 9.17) is 0 Å². The van der Waals surface area contributed by atoms with Crippen LogP contribution in [0.1, 0.15) is 17.3 Å². The Labute approximate surface area is 151 Å². The van der Waals surface area contributed by atoms with E-state index in [0.29, 0.717) is 23.7 Å². The number of aromatic nitrogens is 4. The molecule has 0 bridgehead atoms. The standard InChI is InChI=1S/C19H20N6O/c1-14-11-23(2)17-9-5-6-10-18(17)24(12-14)19(26)15-7-3-4-8-16(15)25-13-20-21-22-25/h3-10,13-14H,11-12H2,1-2H3. The lowest BCUT2D eigenvalue weighted by atomic mass is 10.1. The Morgan fingerprint density at radius 2 is 1.69 bits per heavy atom. The molecule has 2 aromatic carbocycles. The van der Waals surface area contributed by atoms with Gasteiger partial charge in [0.15, 0.2) is 0 Å². The summed E-state index contributed by atoms with van der Waals surface area (Å²) in [4.78, 5) is 17.6. The molecule has 0 radical (unpaired) electrons. The Morgan fingerprint density at radius 3 is 2.42 bits per heavy atom. The summed E-state index contributed by atoms with van der Waals surface area (Å²) in [5.41, 5.74) is 3.23. The molecule has 0 saturated carbocycles. The molecule has 4 rings (SSSR count). The fourth-order valence-electron chi connectivity index (χ4n) is 3.51. The second-order valence-corrected chi connectivity index (χ2v) is 6.66. The van der Waals surface area contributed by atoms with Gasteiger partial charge in [-0.25, -0.2) is 0 Å². The summed E-state index contributed by atoms with van der Waals surface area (Å²) in [5, 5.41) is 11.3. The van der Waals surface area contributed by atoms with Crippen molar-refractivity contribution in [2.24, 2.45) is 5.92 Å². The quantitative estimate of drug-likeness (QED) is 0.711. The van der Waals surface area contributed by atoms with Crippen molar-refractivity contribution in [2.45, 2.75) is 6.92 Å². The van der Waals surface area contributed by atoms with E-state index in [2.05, 4.69) is 40.5 Å². The predicted molar refractivity (Wildman–Crippen MR) is 99.7 cm³/mol. The van der Waals surface area contributed by atoms with Gasteiger partial charge in [-0.2, -0.15) is 4.68 Å². The van der Waals surface area contributed by atoms with E-state index in [9.17, 15) is 4.79 Å². The monoisotopic (exact) mass is 348 g/mol. The highest BCUT2D eigenvalue weighted by atomic mass is 16.2. The first-order valence-corrected chi connectivity index (χ1v) is 8.59. The Hall–Kier alpha value is -3.22. The molecule has 1 atom stereocenters. The summed E-state index contributed by atoms with van der Waals surface area (Å²) in [6, 6.07) is 15.4. The number of carbonyl (C=O) groups excluding carboxylic acids is 1. The van der Waals surface area contributed by atoms with Crippen LogP contribution in [0.3, 0.4) is 0 Å². The molecule has 1 aliphatic rings. The van der Waals surface area contributed by atoms with Crippen molar-refractivity contribution in [3.8, 4) is 5.69 Å². The van der Waals surface area contributed by atoms with Crippen LogP contribution in [0.2, 0.25) is 0 Å². The number of hydrogen-bond donors (Lipinski definition) is 0. The van der Waals surface area contributed by atoms with Gasteiger partial charge >= 0.3 is 0 Å². The van der Waals surface area contributed by atoms with Crippen molar-refractivity contribution >= 4 is 17.3 Å². The van der Waals surface area contributed by atoms with Crippen LogP contribution >= 0.6 is 0 Å². The molecule has 2 heterocycles. The van der Waals surface area contributed by atoms with Gasteiger partial charge in [-0.15, -0.1) is 5.10 Å². The molecule has 1 amide bonds. The molecule has 7 nitrogen and oxygen atoms in total. The number of anilines is 2. The maximum atomic E-state index is 13.5. The van der Waals surface area contributed by atoms with Crippen molar-refractivity contribution in [1.29, 1.82) is 0 Å². The van der Waals surface area contributed by atoms with E-state index in [0.717, 1.165) is 17.9 Å². The lowest BCUT2D eigenvalue weighted by Gasteiger charge is -2.25. The number of amides is 1. The zero-order valence-electron chi connectivity index (χ0n) is 14.8. The molecule has 0 aliphatic carbocycles. The van der Waals surface area contributed by atoms with E-state index in [1.807, 2.05) is 47.4 Å². The molecule has 0 saturated heterocycles. The second-order valence-electron chi connectivity index (χ2n) is 6.66. The minimum atomic E-state index is -0.0503. The maximum absolute atomic E-state index is 13.5. The highest BCUT2D eigenvalue weighted by molar-refractivity contribution is 6.10. The molecule has 1 aromatic heterocycles. The summed E-state index contributed by atoms with van der Waals surface area (Å²) in [6.45, 7) is 3.72. The number of tetrazole rings is 1. The van der Waals surface area contributed by atoms with Gasteiger partial charge < -0.3 is 9.80 Å². The van der Waals surface area contributed by atoms with Gasteiger partial charge in [-0.3, -0.25) is 4.79 Å². The minimum Gasteiger partial charge on any atom is -0.373 e. The molecule has 7 heteroatoms. The molecule has 3 aromatic rings. The van der Waals surface area contributed by atoms with Crippen LogP contribution in [0.4, 0.5) is 11.4 Å². The third-order valence-electron chi connectivity index (χ3n) is 4.64. The number of para-hydroxylation sites is 3. The maximum Gasteiger partial charge on any atom is 0.260 e. The van der Waals surface area contributed by atoms with Crippen LogP contribution < -0.4 is 9.80 Å². The SMILES string of the molecule is CC1CN(C)c2ccccc2N(C(=O)c2ccccc2-n2cnnn2)C1. The Balaban J connectivity index is 1.81. The van der Waals surface area contributed by atoms with Gasteiger partial charge in [-0.05, 0) is 40.6 Å². The first-order chi connectivity index (χ1) is 12.6. The van der Waals surface area contributed by atoms with Crippen molar-refractivity contribution < 1.29 is 4.79 Å². The van der Waals surface area contributed by atoms with E-state index < -0.39 is 0 Å². The van der Waals surface area contributed by atoms with Crippen LogP contribution in [0.15, 0.2) is 54.9 Å². The molecule has 0 N–H and O–H groups in total. The molecular formula is C19H20N6O. The van der Waals surface area contributed by atoms with E-state index >= 15 is 0 Å². The predicted octanol–water partition coefficient (Wildman–Crippen LogP) is 2.39. The number of benzene rings is 2. The first-order valence-electron chi connectivity index (χ1n) is 8.59. The average molecular weight is 348 g/mol. The number of fused-ring (bicyclic) bond motifs is 1. The van der Waals surface area contributed by atoms with Crippen molar-refractivity contribution in [3.63, 3.8) is 0 Å². The molecular weight excluding hydrogens is 328 g/mol. The van der Waals surface area contributed by atoms with E-state index in [1.165, 1.54) is 11.0 Å². The lowest BCUT2D eigenvalue weighted by molar-refractivity contribution is 0.0984. The Kier molecular flexibility index (Phi) is 4.12. The third kappa shape index (κ3) is 2.81. The summed E-state index contributed by atoms with van der Waals surface area (Å²) in [7, 11) is 2.07. The molecule has 0 spiro atoms. The molecule has 0 fully saturated rings. The summed E-state index contributed by atoms with van der Waals surface area (Å²) in [5.74, 6) is 0.294. The van der Waals surface area contributed by atoms with Crippen LogP contribution in [-0.2, 0) is 0 Å². The van der Waals surface area contributed by atoms with E-state index in [-0.39, 0.29) is 5.91 Å². The molecule has 26 heavy (non-hydrogen) atoms. The van der Waals surface area contributed by atoms with Gasteiger partial charge in [0, 0.05) is 20.1 Å². The largest absolute Gasteiger partial charge is 0.373 e. The van der Waals surface area contributed by atoms with Crippen molar-refractivity contribution in [1.82, 2.24) is 20.2 Å². The minimum absolute atomic E-state index is 0.0503. The molecule has 132 valence electrons. The fourth-order valence-corrected chi connectivity index (χ4v) is 3.51. The summed E-state index contributed by atoms with van der Waals surface area (Å²) < 4.78 is 1.52. The highest BCUT2D eigenvalue weighted by Gasteiger charge is 2.28. The lowest BCUT2D eigenvalue weighted by Crippen LogP contribution is -2.35. The van der Waals surface area contributed by atoms with Crippen LogP contribution in [0.5, 0.6) is 0 Å². The van der Waals surface area contributed by atoms with E-state index in [1.54, 1.807) is 0 Å². The van der Waals surface area contributed by atoms with Gasteiger partial charge in [0.05, 0.1) is 22.6 Å². The smallest absolute Gasteiger partial charge is 0.260 e. The van der Waals surface area contributed by atoms with Gasteiger partial charge in [0.2, 0.25) is 0 Å². The Bertz CT molecular complexity index is 923. The second kappa shape index (κ2) is 6.59. The average Bonchev–Trinajstić information content (AvgIpc) is 3.16. The van der Waals surface area contributed by atoms with Gasteiger partial charge in [-0.1, -0.05) is 31.2 Å². The fraction of sp³-hybridized carbons (Fsp3) is 0.263. The zero-order valence-corrected chi connectivity index (χ0v) is 14.8. The normalized spacial score (nSPS) is 16.9.